The number of allylic oxidation sites excluding steroid dienone is 3. The van der Waals surface area contributed by atoms with Crippen LogP contribution in [0.1, 0.15) is 80.5 Å². The molecule has 3 aliphatic heterocycles. The summed E-state index contributed by atoms with van der Waals surface area (Å²) < 4.78 is 23.8. The van der Waals surface area contributed by atoms with Gasteiger partial charge in [0.1, 0.15) is 29.1 Å². The van der Waals surface area contributed by atoms with Crippen molar-refractivity contribution in [2.45, 2.75) is 83.0 Å². The number of hydrogen-bond acceptors (Lipinski definition) is 11. The SMILES string of the molecule is CCOC(=O)C1=C(C=O)C(=C2CCC(=O)C(c3ccc4c(c3)=CCN=4)C2)c2c(OC)c3c(c(CO)c2O1)OC(C(C)(O)CCCCO)C3. The highest BCUT2D eigenvalue weighted by atomic mass is 16.6. The van der Waals surface area contributed by atoms with E-state index in [-0.39, 0.29) is 66.7 Å². The molecule has 3 unspecified atom stereocenters. The van der Waals surface area contributed by atoms with Crippen LogP contribution in [0.3, 0.4) is 0 Å². The highest BCUT2D eigenvalue weighted by Gasteiger charge is 2.45. The predicted octanol–water partition coefficient (Wildman–Crippen LogP) is 2.52. The second kappa shape index (κ2) is 13.7. The van der Waals surface area contributed by atoms with Gasteiger partial charge in [0, 0.05) is 36.5 Å². The lowest BCUT2D eigenvalue weighted by Crippen LogP contribution is -2.42. The summed E-state index contributed by atoms with van der Waals surface area (Å²) in [5, 5.41) is 33.3. The fourth-order valence-electron chi connectivity index (χ4n) is 7.32. The van der Waals surface area contributed by atoms with Gasteiger partial charge in [-0.15, -0.1) is 0 Å². The average Bonchev–Trinajstić information content (AvgIpc) is 3.75. The molecule has 1 saturated carbocycles. The molecule has 1 aliphatic carbocycles. The zero-order valence-electron chi connectivity index (χ0n) is 27.5. The topological polar surface area (TPSA) is 161 Å². The van der Waals surface area contributed by atoms with Crippen LogP contribution in [0.5, 0.6) is 17.2 Å². The number of ether oxygens (including phenoxy) is 4. The van der Waals surface area contributed by atoms with Gasteiger partial charge in [-0.2, -0.15) is 0 Å². The first-order valence-corrected chi connectivity index (χ1v) is 16.5. The van der Waals surface area contributed by atoms with E-state index in [1.165, 1.54) is 7.11 Å². The molecule has 6 rings (SSSR count). The molecule has 3 N–H and O–H groups in total. The Hall–Kier alpha value is -4.32. The van der Waals surface area contributed by atoms with Crippen molar-refractivity contribution in [1.82, 2.24) is 0 Å². The number of esters is 1. The summed E-state index contributed by atoms with van der Waals surface area (Å²) in [6.45, 7) is 3.40. The Morgan fingerprint density at radius 2 is 1.98 bits per heavy atom. The van der Waals surface area contributed by atoms with Gasteiger partial charge in [0.2, 0.25) is 5.76 Å². The van der Waals surface area contributed by atoms with Gasteiger partial charge in [0.15, 0.2) is 6.29 Å². The van der Waals surface area contributed by atoms with Crippen molar-refractivity contribution in [3.63, 3.8) is 0 Å². The van der Waals surface area contributed by atoms with Crippen LogP contribution in [-0.2, 0) is 32.1 Å². The molecule has 4 aliphatic rings. The number of ketones is 1. The molecule has 2 aromatic carbocycles. The molecule has 0 spiro atoms. The normalized spacial score (nSPS) is 22.3. The Bertz CT molecular complexity index is 1850. The summed E-state index contributed by atoms with van der Waals surface area (Å²) in [5.74, 6) is -0.903. The van der Waals surface area contributed by atoms with E-state index in [0.717, 1.165) is 21.7 Å². The maximum Gasteiger partial charge on any atom is 0.375 e. The van der Waals surface area contributed by atoms with Gasteiger partial charge in [-0.1, -0.05) is 17.7 Å². The quantitative estimate of drug-likeness (QED) is 0.186. The molecular formula is C37H41NO10. The minimum atomic E-state index is -1.28. The standard InChI is InChI=1S/C37H41NO10/c1-4-46-36(43)35-25(18-40)30(22-8-10-28(42)23(16-22)20-7-9-27-21(15-20)11-13-38-27)31-33(45-3)24-17-29(37(2,44)12-5-6-14-39)47-32(24)26(19-41)34(31)48-35/h7,9,11,15,18,23,29,39,41,44H,4-6,8,10,12-14,16-17,19H2,1-3H3. The van der Waals surface area contributed by atoms with Crippen molar-refractivity contribution in [2.24, 2.45) is 4.99 Å². The van der Waals surface area contributed by atoms with Gasteiger partial charge in [-0.05, 0) is 68.9 Å². The van der Waals surface area contributed by atoms with Crippen molar-refractivity contribution in [2.75, 3.05) is 26.9 Å². The van der Waals surface area contributed by atoms with Gasteiger partial charge >= 0.3 is 5.97 Å². The Morgan fingerprint density at radius 1 is 1.17 bits per heavy atom. The lowest BCUT2D eigenvalue weighted by atomic mass is 9.75. The van der Waals surface area contributed by atoms with Crippen LogP contribution in [-0.4, -0.2) is 71.9 Å². The van der Waals surface area contributed by atoms with Crippen LogP contribution < -0.4 is 24.8 Å². The van der Waals surface area contributed by atoms with Gasteiger partial charge in [0.25, 0.3) is 0 Å². The van der Waals surface area contributed by atoms with Crippen LogP contribution >= 0.6 is 0 Å². The first-order chi connectivity index (χ1) is 23.2. The van der Waals surface area contributed by atoms with Crippen LogP contribution in [0.4, 0.5) is 0 Å². The number of nitrogens with zero attached hydrogens (tertiary/aromatic N) is 1. The Balaban J connectivity index is 1.54. The number of carbonyl (C=O) groups excluding carboxylic acids is 3. The molecule has 0 amide bonds. The fraction of sp³-hybridized carbons (Fsp3) is 0.459. The summed E-state index contributed by atoms with van der Waals surface area (Å²) in [6.07, 6.45) is 4.39. The summed E-state index contributed by atoms with van der Waals surface area (Å²) >= 11 is 0. The fourth-order valence-corrected chi connectivity index (χ4v) is 7.32. The zero-order valence-corrected chi connectivity index (χ0v) is 27.5. The van der Waals surface area contributed by atoms with Gasteiger partial charge in [-0.25, -0.2) is 4.79 Å². The number of unbranched alkanes of at least 4 members (excludes halogenated alkanes) is 1. The first kappa shape index (κ1) is 33.6. The minimum absolute atomic E-state index is 0.00780. The number of fused-ring (bicyclic) bond motifs is 3. The van der Waals surface area contributed by atoms with Crippen LogP contribution in [0.15, 0.2) is 40.1 Å². The van der Waals surface area contributed by atoms with Crippen molar-refractivity contribution >= 4 is 29.7 Å². The number of rotatable bonds is 11. The van der Waals surface area contributed by atoms with Crippen molar-refractivity contribution in [3.8, 4) is 17.2 Å². The number of methoxy groups -OCH3 is 1. The highest BCUT2D eigenvalue weighted by Crippen LogP contribution is 2.56. The summed E-state index contributed by atoms with van der Waals surface area (Å²) in [7, 11) is 1.48. The van der Waals surface area contributed by atoms with E-state index in [2.05, 4.69) is 4.99 Å². The van der Waals surface area contributed by atoms with Crippen molar-refractivity contribution in [1.29, 1.82) is 0 Å². The van der Waals surface area contributed by atoms with E-state index >= 15 is 0 Å². The second-order valence-electron chi connectivity index (χ2n) is 12.8. The predicted molar refractivity (Wildman–Crippen MR) is 174 cm³/mol. The largest absolute Gasteiger partial charge is 0.496 e. The Labute approximate surface area is 278 Å². The van der Waals surface area contributed by atoms with E-state index in [9.17, 15) is 29.7 Å². The van der Waals surface area contributed by atoms with E-state index in [4.69, 9.17) is 18.9 Å². The van der Waals surface area contributed by atoms with Crippen molar-refractivity contribution in [3.05, 3.63) is 67.9 Å². The monoisotopic (exact) mass is 659 g/mol. The number of aldehydes is 1. The summed E-state index contributed by atoms with van der Waals surface area (Å²) in [4.78, 5) is 44.2. The molecule has 11 heteroatoms. The third kappa shape index (κ3) is 5.84. The number of carbonyl (C=O) groups is 3. The molecule has 0 radical (unpaired) electrons. The molecule has 11 nitrogen and oxygen atoms in total. The number of hydrogen-bond donors (Lipinski definition) is 3. The molecular weight excluding hydrogens is 618 g/mol. The van der Waals surface area contributed by atoms with E-state index in [1.54, 1.807) is 13.8 Å². The lowest BCUT2D eigenvalue weighted by Gasteiger charge is -2.32. The highest BCUT2D eigenvalue weighted by molar-refractivity contribution is 6.11. The average molecular weight is 660 g/mol. The van der Waals surface area contributed by atoms with E-state index < -0.39 is 30.2 Å². The molecule has 0 saturated heterocycles. The first-order valence-electron chi connectivity index (χ1n) is 16.5. The number of benzene rings is 2. The number of aliphatic hydroxyl groups excluding tert-OH is 2. The van der Waals surface area contributed by atoms with Crippen LogP contribution in [0, 0.1) is 0 Å². The maximum atomic E-state index is 13.4. The third-order valence-electron chi connectivity index (χ3n) is 9.79. The van der Waals surface area contributed by atoms with Crippen molar-refractivity contribution < 1.29 is 48.7 Å². The van der Waals surface area contributed by atoms with Crippen LogP contribution in [0.2, 0.25) is 0 Å². The zero-order chi connectivity index (χ0) is 34.2. The van der Waals surface area contributed by atoms with E-state index in [1.807, 2.05) is 24.3 Å². The van der Waals surface area contributed by atoms with Gasteiger partial charge in [0.05, 0.1) is 54.5 Å². The molecule has 3 heterocycles. The number of Topliss-reactive ketones (excluding diaryl/α,β-unsaturated/α-hetero) is 1. The Morgan fingerprint density at radius 3 is 2.69 bits per heavy atom. The minimum Gasteiger partial charge on any atom is -0.496 e. The maximum absolute atomic E-state index is 13.4. The summed E-state index contributed by atoms with van der Waals surface area (Å²) in [5.41, 5.74) is 1.90. The molecule has 3 atom stereocenters. The van der Waals surface area contributed by atoms with Gasteiger partial charge < -0.3 is 34.3 Å². The smallest absolute Gasteiger partial charge is 0.375 e. The number of aliphatic hydroxyl groups is 3. The third-order valence-corrected chi connectivity index (χ3v) is 9.79. The summed E-state index contributed by atoms with van der Waals surface area (Å²) in [6, 6.07) is 5.82. The Kier molecular flexibility index (Phi) is 9.55. The molecule has 2 aromatic rings. The molecule has 0 aromatic heterocycles. The molecule has 48 heavy (non-hydrogen) atoms. The van der Waals surface area contributed by atoms with Crippen LogP contribution in [0.25, 0.3) is 11.6 Å². The molecule has 254 valence electrons. The van der Waals surface area contributed by atoms with Gasteiger partial charge in [-0.3, -0.25) is 14.6 Å². The van der Waals surface area contributed by atoms with E-state index in [0.29, 0.717) is 61.0 Å². The second-order valence-corrected chi connectivity index (χ2v) is 12.8. The molecule has 0 bridgehead atoms. The molecule has 1 fully saturated rings. The lowest BCUT2D eigenvalue weighted by molar-refractivity contribution is -0.141.